The van der Waals surface area contributed by atoms with E-state index in [9.17, 15) is 4.79 Å². The first-order valence-corrected chi connectivity index (χ1v) is 6.04. The fourth-order valence-electron chi connectivity index (χ4n) is 1.06. The fraction of sp³-hybridized carbons (Fsp3) is 0.364. The van der Waals surface area contributed by atoms with Crippen molar-refractivity contribution in [3.05, 3.63) is 27.2 Å². The van der Waals surface area contributed by atoms with Gasteiger partial charge in [-0.1, -0.05) is 48.7 Å². The van der Waals surface area contributed by atoms with E-state index in [1.165, 1.54) is 6.07 Å². The number of benzene rings is 1. The number of rotatable bonds is 3. The van der Waals surface area contributed by atoms with Crippen LogP contribution in [0.25, 0.3) is 0 Å². The Labute approximate surface area is 110 Å². The number of hydrogen-bond donors (Lipinski definition) is 1. The van der Waals surface area contributed by atoms with Gasteiger partial charge in [-0.2, -0.15) is 0 Å². The highest BCUT2D eigenvalue weighted by Gasteiger charge is 2.13. The summed E-state index contributed by atoms with van der Waals surface area (Å²) in [5, 5.41) is 3.83. The number of amides is 1. The first-order chi connectivity index (χ1) is 7.45. The Hall–Kier alpha value is -0.440. The molecule has 0 fully saturated rings. The van der Waals surface area contributed by atoms with E-state index in [1.807, 2.05) is 13.8 Å². The van der Waals surface area contributed by atoms with Crippen molar-refractivity contribution in [3.8, 4) is 0 Å². The van der Waals surface area contributed by atoms with Gasteiger partial charge in [-0.05, 0) is 18.6 Å². The minimum absolute atomic E-state index is 0.0643. The smallest absolute Gasteiger partial charge is 0.227 e. The van der Waals surface area contributed by atoms with Gasteiger partial charge in [-0.15, -0.1) is 0 Å². The molecule has 1 atom stereocenters. The zero-order valence-electron chi connectivity index (χ0n) is 8.98. The molecule has 1 rings (SSSR count). The molecule has 1 aromatic carbocycles. The highest BCUT2D eigenvalue weighted by atomic mass is 35.5. The van der Waals surface area contributed by atoms with Crippen LogP contribution in [-0.2, 0) is 4.79 Å². The molecule has 1 N–H and O–H groups in total. The van der Waals surface area contributed by atoms with Crippen LogP contribution in [0, 0.1) is 5.92 Å². The van der Waals surface area contributed by atoms with Gasteiger partial charge in [-0.3, -0.25) is 4.79 Å². The molecule has 0 aromatic heterocycles. The summed E-state index contributed by atoms with van der Waals surface area (Å²) in [6.45, 7) is 3.79. The van der Waals surface area contributed by atoms with Crippen molar-refractivity contribution in [1.82, 2.24) is 0 Å². The summed E-state index contributed by atoms with van der Waals surface area (Å²) in [5.74, 6) is -0.145. The molecule has 88 valence electrons. The normalized spacial score (nSPS) is 12.3. The molecule has 0 saturated heterocycles. The van der Waals surface area contributed by atoms with Crippen molar-refractivity contribution in [2.75, 3.05) is 5.32 Å². The lowest BCUT2D eigenvalue weighted by Crippen LogP contribution is -2.19. The summed E-state index contributed by atoms with van der Waals surface area (Å²) in [7, 11) is 0. The molecule has 0 spiro atoms. The number of hydrogen-bond acceptors (Lipinski definition) is 1. The third-order valence-electron chi connectivity index (χ3n) is 2.33. The average Bonchev–Trinajstić information content (AvgIpc) is 2.24. The van der Waals surface area contributed by atoms with Crippen LogP contribution in [0.3, 0.4) is 0 Å². The Morgan fingerprint density at radius 3 is 2.38 bits per heavy atom. The van der Waals surface area contributed by atoms with Gasteiger partial charge in [0.1, 0.15) is 0 Å². The van der Waals surface area contributed by atoms with Crippen LogP contribution in [-0.4, -0.2) is 5.91 Å². The van der Waals surface area contributed by atoms with E-state index in [0.717, 1.165) is 6.42 Å². The SMILES string of the molecule is CCC(C)C(=O)Nc1cc(Cl)c(Cl)cc1Cl. The van der Waals surface area contributed by atoms with Crippen LogP contribution in [0.5, 0.6) is 0 Å². The van der Waals surface area contributed by atoms with Gasteiger partial charge in [0.2, 0.25) is 5.91 Å². The highest BCUT2D eigenvalue weighted by Crippen LogP contribution is 2.32. The van der Waals surface area contributed by atoms with Gasteiger partial charge in [0.15, 0.2) is 0 Å². The van der Waals surface area contributed by atoms with E-state index in [-0.39, 0.29) is 11.8 Å². The highest BCUT2D eigenvalue weighted by molar-refractivity contribution is 6.44. The lowest BCUT2D eigenvalue weighted by Gasteiger charge is -2.12. The summed E-state index contributed by atoms with van der Waals surface area (Å²) in [5.41, 5.74) is 0.487. The Kier molecular flexibility index (Phi) is 4.90. The maximum Gasteiger partial charge on any atom is 0.227 e. The van der Waals surface area contributed by atoms with Gasteiger partial charge in [-0.25, -0.2) is 0 Å². The first-order valence-electron chi connectivity index (χ1n) is 4.91. The zero-order chi connectivity index (χ0) is 12.3. The van der Waals surface area contributed by atoms with Gasteiger partial charge < -0.3 is 5.32 Å². The number of nitrogens with one attached hydrogen (secondary N) is 1. The molecule has 0 radical (unpaired) electrons. The molecule has 5 heteroatoms. The quantitative estimate of drug-likeness (QED) is 0.804. The Morgan fingerprint density at radius 1 is 1.25 bits per heavy atom. The van der Waals surface area contributed by atoms with E-state index in [4.69, 9.17) is 34.8 Å². The van der Waals surface area contributed by atoms with Gasteiger partial charge >= 0.3 is 0 Å². The predicted octanol–water partition coefficient (Wildman–Crippen LogP) is 4.63. The minimum Gasteiger partial charge on any atom is -0.324 e. The molecule has 0 aliphatic carbocycles. The van der Waals surface area contributed by atoms with Crippen molar-refractivity contribution in [1.29, 1.82) is 0 Å². The lowest BCUT2D eigenvalue weighted by molar-refractivity contribution is -0.119. The van der Waals surface area contributed by atoms with E-state index in [0.29, 0.717) is 20.8 Å². The monoisotopic (exact) mass is 279 g/mol. The van der Waals surface area contributed by atoms with Crippen LogP contribution in [0.4, 0.5) is 5.69 Å². The van der Waals surface area contributed by atoms with E-state index < -0.39 is 0 Å². The maximum atomic E-state index is 11.6. The minimum atomic E-state index is -0.0808. The van der Waals surface area contributed by atoms with Crippen molar-refractivity contribution < 1.29 is 4.79 Å². The molecule has 0 aliphatic heterocycles. The van der Waals surface area contributed by atoms with Crippen LogP contribution < -0.4 is 5.32 Å². The van der Waals surface area contributed by atoms with Crippen molar-refractivity contribution in [2.45, 2.75) is 20.3 Å². The molecule has 16 heavy (non-hydrogen) atoms. The van der Waals surface area contributed by atoms with E-state index in [1.54, 1.807) is 6.07 Å². The average molecular weight is 281 g/mol. The molecule has 1 unspecified atom stereocenters. The van der Waals surface area contributed by atoms with Gasteiger partial charge in [0.25, 0.3) is 0 Å². The number of halogens is 3. The molecule has 2 nitrogen and oxygen atoms in total. The summed E-state index contributed by atoms with van der Waals surface area (Å²) < 4.78 is 0. The van der Waals surface area contributed by atoms with Crippen molar-refractivity contribution in [2.24, 2.45) is 5.92 Å². The molecule has 1 aromatic rings. The Bertz CT molecular complexity index is 406. The fourth-order valence-corrected chi connectivity index (χ4v) is 1.65. The van der Waals surface area contributed by atoms with Gasteiger partial charge in [0.05, 0.1) is 20.8 Å². The molecule has 0 bridgehead atoms. The van der Waals surface area contributed by atoms with E-state index in [2.05, 4.69) is 5.32 Å². The van der Waals surface area contributed by atoms with Crippen LogP contribution >= 0.6 is 34.8 Å². The number of carbonyl (C=O) groups is 1. The summed E-state index contributed by atoms with van der Waals surface area (Å²) in [6, 6.07) is 3.06. The second-order valence-corrected chi connectivity index (χ2v) is 4.77. The molecule has 0 aliphatic rings. The maximum absolute atomic E-state index is 11.6. The molecule has 0 saturated carbocycles. The second kappa shape index (κ2) is 5.76. The predicted molar refractivity (Wildman–Crippen MR) is 69.6 cm³/mol. The van der Waals surface area contributed by atoms with Crippen molar-refractivity contribution >= 4 is 46.4 Å². The Morgan fingerprint density at radius 2 is 1.81 bits per heavy atom. The third kappa shape index (κ3) is 3.27. The number of carbonyl (C=O) groups excluding carboxylic acids is 1. The summed E-state index contributed by atoms with van der Waals surface area (Å²) >= 11 is 17.6. The lowest BCUT2D eigenvalue weighted by atomic mass is 10.1. The summed E-state index contributed by atoms with van der Waals surface area (Å²) in [4.78, 5) is 11.6. The molecular formula is C11H12Cl3NO. The van der Waals surface area contributed by atoms with Crippen LogP contribution in [0.1, 0.15) is 20.3 Å². The number of anilines is 1. The topological polar surface area (TPSA) is 29.1 Å². The second-order valence-electron chi connectivity index (χ2n) is 3.54. The van der Waals surface area contributed by atoms with E-state index >= 15 is 0 Å². The molecular weight excluding hydrogens is 268 g/mol. The molecule has 1 amide bonds. The zero-order valence-corrected chi connectivity index (χ0v) is 11.2. The largest absolute Gasteiger partial charge is 0.324 e. The van der Waals surface area contributed by atoms with Crippen molar-refractivity contribution in [3.63, 3.8) is 0 Å². The standard InChI is InChI=1S/C11H12Cl3NO/c1-3-6(2)11(16)15-10-5-8(13)7(12)4-9(10)14/h4-6H,3H2,1-2H3,(H,15,16). The Balaban J connectivity index is 2.90. The van der Waals surface area contributed by atoms with Gasteiger partial charge in [0, 0.05) is 5.92 Å². The third-order valence-corrected chi connectivity index (χ3v) is 3.36. The first kappa shape index (κ1) is 13.6. The summed E-state index contributed by atoms with van der Waals surface area (Å²) in [6.07, 6.45) is 0.769. The van der Waals surface area contributed by atoms with Crippen LogP contribution in [0.15, 0.2) is 12.1 Å². The van der Waals surface area contributed by atoms with Crippen LogP contribution in [0.2, 0.25) is 15.1 Å². The molecule has 0 heterocycles.